The largest absolute Gasteiger partial charge is 0.309 e. The smallest absolute Gasteiger partial charge is 0.229 e. The molecule has 1 aliphatic carbocycles. The fourth-order valence-corrected chi connectivity index (χ4v) is 2.64. The standard InChI is InChI=1S/C12H19N3OS/c1-3-13-8(2)10-7-17-12(14-10)15-11(16)9-5-4-6-9/h7-9,13H,3-6H2,1-2H3,(H,14,15,16). The van der Waals surface area contributed by atoms with Crippen molar-refractivity contribution in [2.45, 2.75) is 39.2 Å². The Balaban J connectivity index is 1.91. The zero-order chi connectivity index (χ0) is 12.3. The Morgan fingerprint density at radius 1 is 1.65 bits per heavy atom. The van der Waals surface area contributed by atoms with Crippen LogP contribution in [0, 0.1) is 5.92 Å². The third-order valence-corrected chi connectivity index (χ3v) is 3.96. The van der Waals surface area contributed by atoms with Crippen LogP contribution in [0.2, 0.25) is 0 Å². The highest BCUT2D eigenvalue weighted by molar-refractivity contribution is 7.13. The van der Waals surface area contributed by atoms with E-state index < -0.39 is 0 Å². The maximum Gasteiger partial charge on any atom is 0.229 e. The number of rotatable bonds is 5. The van der Waals surface area contributed by atoms with Crippen molar-refractivity contribution >= 4 is 22.4 Å². The van der Waals surface area contributed by atoms with Gasteiger partial charge in [-0.25, -0.2) is 4.98 Å². The number of anilines is 1. The predicted molar refractivity (Wildman–Crippen MR) is 70.2 cm³/mol. The minimum Gasteiger partial charge on any atom is -0.309 e. The molecule has 5 heteroatoms. The molecule has 1 atom stereocenters. The van der Waals surface area contributed by atoms with Crippen molar-refractivity contribution in [1.82, 2.24) is 10.3 Å². The van der Waals surface area contributed by atoms with Gasteiger partial charge in [-0.1, -0.05) is 13.3 Å². The molecule has 0 saturated heterocycles. The molecule has 1 aromatic heterocycles. The molecular weight excluding hydrogens is 234 g/mol. The average molecular weight is 253 g/mol. The maximum atomic E-state index is 11.7. The Morgan fingerprint density at radius 3 is 3.00 bits per heavy atom. The van der Waals surface area contributed by atoms with E-state index in [2.05, 4.69) is 29.5 Å². The van der Waals surface area contributed by atoms with E-state index >= 15 is 0 Å². The molecule has 2 rings (SSSR count). The van der Waals surface area contributed by atoms with Crippen LogP contribution in [0.5, 0.6) is 0 Å². The summed E-state index contributed by atoms with van der Waals surface area (Å²) in [6.07, 6.45) is 3.23. The molecule has 1 amide bonds. The third-order valence-electron chi connectivity index (χ3n) is 3.18. The number of nitrogens with one attached hydrogen (secondary N) is 2. The summed E-state index contributed by atoms with van der Waals surface area (Å²) in [5.41, 5.74) is 1.00. The summed E-state index contributed by atoms with van der Waals surface area (Å²) in [7, 11) is 0. The van der Waals surface area contributed by atoms with Crippen molar-refractivity contribution < 1.29 is 4.79 Å². The summed E-state index contributed by atoms with van der Waals surface area (Å²) in [5.74, 6) is 0.349. The zero-order valence-corrected chi connectivity index (χ0v) is 11.1. The van der Waals surface area contributed by atoms with E-state index in [-0.39, 0.29) is 17.9 Å². The van der Waals surface area contributed by atoms with Crippen molar-refractivity contribution in [3.05, 3.63) is 11.1 Å². The summed E-state index contributed by atoms with van der Waals surface area (Å²) in [6.45, 7) is 5.07. The molecule has 1 aliphatic rings. The first-order valence-corrected chi connectivity index (χ1v) is 7.08. The van der Waals surface area contributed by atoms with Gasteiger partial charge >= 0.3 is 0 Å². The zero-order valence-electron chi connectivity index (χ0n) is 10.3. The Kier molecular flexibility index (Phi) is 4.12. The molecule has 1 saturated carbocycles. The van der Waals surface area contributed by atoms with Crippen LogP contribution in [-0.2, 0) is 4.79 Å². The lowest BCUT2D eigenvalue weighted by Gasteiger charge is -2.23. The van der Waals surface area contributed by atoms with Crippen LogP contribution in [0.25, 0.3) is 0 Å². The first kappa shape index (κ1) is 12.5. The quantitative estimate of drug-likeness (QED) is 0.848. The lowest BCUT2D eigenvalue weighted by molar-refractivity contribution is -0.122. The summed E-state index contributed by atoms with van der Waals surface area (Å²) in [6, 6.07) is 0.241. The van der Waals surface area contributed by atoms with Crippen molar-refractivity contribution in [2.24, 2.45) is 5.92 Å². The fourth-order valence-electron chi connectivity index (χ4n) is 1.83. The number of thiazole rings is 1. The van der Waals surface area contributed by atoms with Crippen LogP contribution in [0.4, 0.5) is 5.13 Å². The number of carbonyl (C=O) groups is 1. The Labute approximate surface area is 106 Å². The summed E-state index contributed by atoms with van der Waals surface area (Å²) in [4.78, 5) is 16.2. The highest BCUT2D eigenvalue weighted by atomic mass is 32.1. The van der Waals surface area contributed by atoms with Gasteiger partial charge in [0.05, 0.1) is 5.69 Å². The van der Waals surface area contributed by atoms with E-state index in [0.29, 0.717) is 0 Å². The first-order chi connectivity index (χ1) is 8.20. The van der Waals surface area contributed by atoms with E-state index in [0.717, 1.165) is 30.2 Å². The molecule has 1 unspecified atom stereocenters. The Morgan fingerprint density at radius 2 is 2.41 bits per heavy atom. The maximum absolute atomic E-state index is 11.7. The summed E-state index contributed by atoms with van der Waals surface area (Å²) < 4.78 is 0. The van der Waals surface area contributed by atoms with Crippen LogP contribution >= 0.6 is 11.3 Å². The minimum atomic E-state index is 0.133. The van der Waals surface area contributed by atoms with Crippen LogP contribution in [0.1, 0.15) is 44.8 Å². The molecular formula is C12H19N3OS. The lowest BCUT2D eigenvalue weighted by Crippen LogP contribution is -2.28. The second-order valence-corrected chi connectivity index (χ2v) is 5.33. The van der Waals surface area contributed by atoms with Crippen LogP contribution in [0.15, 0.2) is 5.38 Å². The van der Waals surface area contributed by atoms with Gasteiger partial charge in [-0.2, -0.15) is 0 Å². The molecule has 0 aromatic carbocycles. The van der Waals surface area contributed by atoms with Gasteiger partial charge in [0.25, 0.3) is 0 Å². The number of hydrogen-bond donors (Lipinski definition) is 2. The van der Waals surface area contributed by atoms with Crippen LogP contribution < -0.4 is 10.6 Å². The van der Waals surface area contributed by atoms with Gasteiger partial charge < -0.3 is 10.6 Å². The number of carbonyl (C=O) groups excluding carboxylic acids is 1. The van der Waals surface area contributed by atoms with E-state index in [1.54, 1.807) is 0 Å². The number of amides is 1. The molecule has 0 radical (unpaired) electrons. The monoisotopic (exact) mass is 253 g/mol. The van der Waals surface area contributed by atoms with E-state index in [1.807, 2.05) is 5.38 Å². The van der Waals surface area contributed by atoms with Crippen LogP contribution in [0.3, 0.4) is 0 Å². The van der Waals surface area contributed by atoms with Gasteiger partial charge in [-0.15, -0.1) is 11.3 Å². The molecule has 1 fully saturated rings. The van der Waals surface area contributed by atoms with Gasteiger partial charge in [0.1, 0.15) is 0 Å². The molecule has 0 aliphatic heterocycles. The average Bonchev–Trinajstić information content (AvgIpc) is 2.63. The van der Waals surface area contributed by atoms with Crippen molar-refractivity contribution in [2.75, 3.05) is 11.9 Å². The molecule has 1 heterocycles. The molecule has 94 valence electrons. The molecule has 0 spiro atoms. The number of hydrogen-bond acceptors (Lipinski definition) is 4. The minimum absolute atomic E-state index is 0.133. The molecule has 0 bridgehead atoms. The third kappa shape index (κ3) is 3.04. The SMILES string of the molecule is CCNC(C)c1csc(NC(=O)C2CCC2)n1. The Bertz CT molecular complexity index is 387. The van der Waals surface area contributed by atoms with Gasteiger partial charge in [0.15, 0.2) is 5.13 Å². The predicted octanol–water partition coefficient (Wildman–Crippen LogP) is 2.55. The van der Waals surface area contributed by atoms with Crippen molar-refractivity contribution in [3.63, 3.8) is 0 Å². The van der Waals surface area contributed by atoms with E-state index in [9.17, 15) is 4.79 Å². The molecule has 17 heavy (non-hydrogen) atoms. The fraction of sp³-hybridized carbons (Fsp3) is 0.667. The lowest BCUT2D eigenvalue weighted by atomic mass is 9.85. The molecule has 2 N–H and O–H groups in total. The van der Waals surface area contributed by atoms with Crippen molar-refractivity contribution in [1.29, 1.82) is 0 Å². The Hall–Kier alpha value is -0.940. The molecule has 4 nitrogen and oxygen atoms in total. The second-order valence-electron chi connectivity index (χ2n) is 4.47. The van der Waals surface area contributed by atoms with E-state index in [4.69, 9.17) is 0 Å². The normalized spacial score (nSPS) is 17.5. The summed E-state index contributed by atoms with van der Waals surface area (Å²) >= 11 is 1.50. The number of nitrogens with zero attached hydrogens (tertiary/aromatic N) is 1. The van der Waals surface area contributed by atoms with Gasteiger partial charge in [-0.05, 0) is 26.3 Å². The highest BCUT2D eigenvalue weighted by Gasteiger charge is 2.25. The van der Waals surface area contributed by atoms with Crippen LogP contribution in [-0.4, -0.2) is 17.4 Å². The van der Waals surface area contributed by atoms with Gasteiger partial charge in [-0.3, -0.25) is 4.79 Å². The van der Waals surface area contributed by atoms with E-state index in [1.165, 1.54) is 17.8 Å². The van der Waals surface area contributed by atoms with Gasteiger partial charge in [0.2, 0.25) is 5.91 Å². The van der Waals surface area contributed by atoms with Gasteiger partial charge in [0, 0.05) is 17.3 Å². The summed E-state index contributed by atoms with van der Waals surface area (Å²) in [5, 5.41) is 8.93. The van der Waals surface area contributed by atoms with Crippen molar-refractivity contribution in [3.8, 4) is 0 Å². The number of aromatic nitrogens is 1. The first-order valence-electron chi connectivity index (χ1n) is 6.20. The topological polar surface area (TPSA) is 54.0 Å². The molecule has 1 aromatic rings. The highest BCUT2D eigenvalue weighted by Crippen LogP contribution is 2.28. The second kappa shape index (κ2) is 5.60.